The number of hydrogen-bond acceptors (Lipinski definition) is 8. The molecule has 2 aliphatic heterocycles. The number of nitrogens with one attached hydrogen (secondary N) is 2. The number of fused-ring (bicyclic) bond motifs is 2. The van der Waals surface area contributed by atoms with Crippen LogP contribution in [0.1, 0.15) is 16.8 Å². The van der Waals surface area contributed by atoms with Gasteiger partial charge in [0.05, 0.1) is 13.2 Å². The van der Waals surface area contributed by atoms with Crippen LogP contribution in [0.25, 0.3) is 11.2 Å². The Morgan fingerprint density at radius 2 is 1.92 bits per heavy atom. The molecule has 0 radical (unpaired) electrons. The van der Waals surface area contributed by atoms with Crippen LogP contribution in [-0.4, -0.2) is 74.3 Å². The third kappa shape index (κ3) is 4.11. The van der Waals surface area contributed by atoms with Crippen molar-refractivity contribution in [2.24, 2.45) is 13.0 Å². The Hall–Kier alpha value is -3.77. The zero-order chi connectivity index (χ0) is 25.4. The maximum atomic E-state index is 13.7. The lowest BCUT2D eigenvalue weighted by Gasteiger charge is -2.25. The van der Waals surface area contributed by atoms with E-state index in [0.29, 0.717) is 24.0 Å². The van der Waals surface area contributed by atoms with Crippen molar-refractivity contribution in [2.75, 3.05) is 37.7 Å². The van der Waals surface area contributed by atoms with Crippen molar-refractivity contribution in [3.05, 3.63) is 56.7 Å². The number of rotatable bonds is 8. The number of amides is 1. The van der Waals surface area contributed by atoms with Gasteiger partial charge in [-0.25, -0.2) is 4.79 Å². The third-order valence-electron chi connectivity index (χ3n) is 7.05. The number of Topliss-reactive ketones (excluding diaryl/α,β-unsaturated/α-hetero) is 1. The molecule has 36 heavy (non-hydrogen) atoms. The summed E-state index contributed by atoms with van der Waals surface area (Å²) in [5.41, 5.74) is -0.693. The smallest absolute Gasteiger partial charge is 0.332 e. The molecule has 3 N–H and O–H groups in total. The van der Waals surface area contributed by atoms with E-state index >= 15 is 0 Å². The molecule has 190 valence electrons. The Labute approximate surface area is 206 Å². The van der Waals surface area contributed by atoms with Crippen LogP contribution in [0.5, 0.6) is 0 Å². The molecule has 1 amide bonds. The van der Waals surface area contributed by atoms with Gasteiger partial charge in [-0.15, -0.1) is 0 Å². The molecular weight excluding hydrogens is 466 g/mol. The first-order chi connectivity index (χ1) is 17.4. The number of anilines is 1. The molecule has 0 saturated carbocycles. The van der Waals surface area contributed by atoms with E-state index in [4.69, 9.17) is 5.11 Å². The molecule has 2 atom stereocenters. The van der Waals surface area contributed by atoms with Gasteiger partial charge in [0.1, 0.15) is 6.54 Å². The average molecular weight is 496 g/mol. The van der Waals surface area contributed by atoms with Gasteiger partial charge in [-0.1, -0.05) is 30.3 Å². The van der Waals surface area contributed by atoms with E-state index in [1.54, 1.807) is 30.3 Å². The molecule has 0 bridgehead atoms. The number of carbonyl (C=O) groups excluding carboxylic acids is 2. The number of aryl methyl sites for hydroxylation is 1. The number of carbonyl (C=O) groups is 2. The zero-order valence-corrected chi connectivity index (χ0v) is 20.0. The summed E-state index contributed by atoms with van der Waals surface area (Å²) >= 11 is 0. The summed E-state index contributed by atoms with van der Waals surface area (Å²) in [5, 5.41) is 15.1. The Balaban J connectivity index is 1.64. The highest BCUT2D eigenvalue weighted by molar-refractivity contribution is 5.96. The summed E-state index contributed by atoms with van der Waals surface area (Å²) < 4.78 is 3.68. The normalized spacial score (nSPS) is 19.1. The minimum Gasteiger partial charge on any atom is -0.395 e. The second kappa shape index (κ2) is 9.70. The summed E-state index contributed by atoms with van der Waals surface area (Å²) in [6.45, 7) is 1.59. The fourth-order valence-electron chi connectivity index (χ4n) is 5.22. The standard InChI is InChI=1S/C24H29N7O5/c1-28-21-20(22(35)31(24(28)36)13-18(33)15-5-3-2-4-6-15)30(14-19(34)26-8-10-32)23(27-21)29-9-7-16-11-25-12-17(16)29/h2-6,16-17,25,32H,7-14H2,1H3,(H,26,34). The molecule has 4 heterocycles. The highest BCUT2D eigenvalue weighted by Gasteiger charge is 2.40. The number of aromatic nitrogens is 4. The van der Waals surface area contributed by atoms with Crippen LogP contribution < -0.4 is 26.8 Å². The van der Waals surface area contributed by atoms with E-state index < -0.39 is 23.7 Å². The summed E-state index contributed by atoms with van der Waals surface area (Å²) in [6, 6.07) is 8.63. The molecular formula is C24H29N7O5. The molecule has 12 heteroatoms. The molecule has 2 unspecified atom stereocenters. The lowest BCUT2D eigenvalue weighted by atomic mass is 10.1. The Morgan fingerprint density at radius 1 is 1.14 bits per heavy atom. The predicted molar refractivity (Wildman–Crippen MR) is 132 cm³/mol. The zero-order valence-electron chi connectivity index (χ0n) is 20.0. The molecule has 12 nitrogen and oxygen atoms in total. The number of nitrogens with zero attached hydrogens (tertiary/aromatic N) is 5. The van der Waals surface area contributed by atoms with Gasteiger partial charge in [0, 0.05) is 44.8 Å². The van der Waals surface area contributed by atoms with E-state index in [9.17, 15) is 19.2 Å². The van der Waals surface area contributed by atoms with Crippen molar-refractivity contribution in [3.63, 3.8) is 0 Å². The van der Waals surface area contributed by atoms with E-state index in [-0.39, 0.29) is 42.7 Å². The van der Waals surface area contributed by atoms with Gasteiger partial charge in [-0.3, -0.25) is 28.1 Å². The largest absolute Gasteiger partial charge is 0.395 e. The average Bonchev–Trinajstić information content (AvgIpc) is 3.59. The van der Waals surface area contributed by atoms with Crippen LogP contribution >= 0.6 is 0 Å². The second-order valence-electron chi connectivity index (χ2n) is 9.23. The molecule has 2 aliphatic rings. The van der Waals surface area contributed by atoms with Crippen LogP contribution in [0.4, 0.5) is 5.95 Å². The number of ketones is 1. The summed E-state index contributed by atoms with van der Waals surface area (Å²) in [5.74, 6) is 0.107. The molecule has 3 aromatic rings. The molecule has 2 saturated heterocycles. The highest BCUT2D eigenvalue weighted by Crippen LogP contribution is 2.32. The minimum atomic E-state index is -0.675. The topological polar surface area (TPSA) is 143 Å². The maximum absolute atomic E-state index is 13.7. The molecule has 0 aliphatic carbocycles. The van der Waals surface area contributed by atoms with Crippen molar-refractivity contribution in [2.45, 2.75) is 25.6 Å². The molecule has 0 spiro atoms. The van der Waals surface area contributed by atoms with Gasteiger partial charge in [0.15, 0.2) is 16.9 Å². The van der Waals surface area contributed by atoms with E-state index in [1.165, 1.54) is 16.2 Å². The van der Waals surface area contributed by atoms with Crippen molar-refractivity contribution < 1.29 is 14.7 Å². The van der Waals surface area contributed by atoms with Gasteiger partial charge in [0.2, 0.25) is 11.9 Å². The van der Waals surface area contributed by atoms with Gasteiger partial charge >= 0.3 is 5.69 Å². The monoisotopic (exact) mass is 495 g/mol. The van der Waals surface area contributed by atoms with Crippen molar-refractivity contribution in [1.82, 2.24) is 29.3 Å². The predicted octanol–water partition coefficient (Wildman–Crippen LogP) is -1.31. The first-order valence-electron chi connectivity index (χ1n) is 12.0. The van der Waals surface area contributed by atoms with Crippen LogP contribution in [0.3, 0.4) is 0 Å². The lowest BCUT2D eigenvalue weighted by Crippen LogP contribution is -2.42. The van der Waals surface area contributed by atoms with Gasteiger partial charge < -0.3 is 20.6 Å². The molecule has 2 fully saturated rings. The Morgan fingerprint density at radius 3 is 2.67 bits per heavy atom. The Bertz CT molecular complexity index is 1420. The summed E-state index contributed by atoms with van der Waals surface area (Å²) in [6.07, 6.45) is 0.951. The van der Waals surface area contributed by atoms with Crippen LogP contribution in [0.2, 0.25) is 0 Å². The summed E-state index contributed by atoms with van der Waals surface area (Å²) in [4.78, 5) is 59.1. The number of aliphatic hydroxyl groups is 1. The highest BCUT2D eigenvalue weighted by atomic mass is 16.3. The van der Waals surface area contributed by atoms with Gasteiger partial charge in [-0.2, -0.15) is 4.98 Å². The van der Waals surface area contributed by atoms with Crippen LogP contribution in [0, 0.1) is 5.92 Å². The third-order valence-corrected chi connectivity index (χ3v) is 7.05. The SMILES string of the molecule is Cn1c(=O)n(CC(=O)c2ccccc2)c(=O)c2c1nc(N1CCC3CNCC31)n2CC(=O)NCCO. The van der Waals surface area contributed by atoms with Crippen molar-refractivity contribution in [3.8, 4) is 0 Å². The fraction of sp³-hybridized carbons (Fsp3) is 0.458. The Kier molecular flexibility index (Phi) is 6.46. The van der Waals surface area contributed by atoms with Crippen LogP contribution in [0.15, 0.2) is 39.9 Å². The van der Waals surface area contributed by atoms with E-state index in [2.05, 4.69) is 20.5 Å². The fourth-order valence-corrected chi connectivity index (χ4v) is 5.22. The van der Waals surface area contributed by atoms with Crippen molar-refractivity contribution in [1.29, 1.82) is 0 Å². The maximum Gasteiger partial charge on any atom is 0.332 e. The number of hydrogen-bond donors (Lipinski definition) is 3. The lowest BCUT2D eigenvalue weighted by molar-refractivity contribution is -0.121. The number of imidazole rings is 1. The van der Waals surface area contributed by atoms with Gasteiger partial charge in [-0.05, 0) is 12.3 Å². The summed E-state index contributed by atoms with van der Waals surface area (Å²) in [7, 11) is 1.50. The minimum absolute atomic E-state index is 0.0768. The van der Waals surface area contributed by atoms with Gasteiger partial charge in [0.25, 0.3) is 5.56 Å². The number of aliphatic hydroxyl groups excluding tert-OH is 1. The molecule has 1 aromatic carbocycles. The number of benzene rings is 1. The molecule has 5 rings (SSSR count). The first kappa shape index (κ1) is 23.9. The molecule has 2 aromatic heterocycles. The van der Waals surface area contributed by atoms with Crippen LogP contribution in [-0.2, 0) is 24.9 Å². The quantitative estimate of drug-likeness (QED) is 0.327. The van der Waals surface area contributed by atoms with Crippen molar-refractivity contribution >= 4 is 28.8 Å². The second-order valence-corrected chi connectivity index (χ2v) is 9.23. The van der Waals surface area contributed by atoms with E-state index in [0.717, 1.165) is 24.1 Å². The first-order valence-corrected chi connectivity index (χ1v) is 12.0. The van der Waals surface area contributed by atoms with E-state index in [1.807, 2.05) is 0 Å².